The zero-order chi connectivity index (χ0) is 22.2. The number of fused-ring (bicyclic) bond motifs is 1. The first-order valence-electron chi connectivity index (χ1n) is 8.79. The second-order valence-electron chi connectivity index (χ2n) is 6.34. The van der Waals surface area contributed by atoms with Gasteiger partial charge >= 0.3 is 6.18 Å². The quantitative estimate of drug-likeness (QED) is 0.440. The molecule has 2 aromatic carbocycles. The molecule has 2 heterocycles. The number of hydrogen-bond donors (Lipinski definition) is 1. The van der Waals surface area contributed by atoms with Gasteiger partial charge < -0.3 is 10.1 Å². The summed E-state index contributed by atoms with van der Waals surface area (Å²) in [5.74, 6) is -1.19. The van der Waals surface area contributed by atoms with Crippen LogP contribution in [0.3, 0.4) is 0 Å². The number of imidazole rings is 1. The largest absolute Gasteiger partial charge is 0.497 e. The van der Waals surface area contributed by atoms with Crippen molar-refractivity contribution in [3.63, 3.8) is 0 Å². The topological polar surface area (TPSA) is 81.9 Å². The van der Waals surface area contributed by atoms with Crippen LogP contribution in [0.15, 0.2) is 59.3 Å². The molecule has 158 valence electrons. The highest BCUT2D eigenvalue weighted by molar-refractivity contribution is 9.10. The van der Waals surface area contributed by atoms with Crippen molar-refractivity contribution in [3.05, 3.63) is 70.7 Å². The Hall–Kier alpha value is -3.47. The monoisotopic (exact) mass is 491 g/mol. The number of alkyl halides is 3. The predicted octanol–water partition coefficient (Wildman–Crippen LogP) is 4.86. The second-order valence-corrected chi connectivity index (χ2v) is 7.26. The Labute approximate surface area is 182 Å². The number of ether oxygens (including phenoxy) is 1. The molecule has 0 radical (unpaired) electrons. The van der Waals surface area contributed by atoms with E-state index in [1.807, 2.05) is 0 Å². The van der Waals surface area contributed by atoms with Gasteiger partial charge in [-0.2, -0.15) is 13.2 Å². The molecule has 0 atom stereocenters. The van der Waals surface area contributed by atoms with Crippen molar-refractivity contribution in [1.29, 1.82) is 0 Å². The minimum Gasteiger partial charge on any atom is -0.497 e. The minimum atomic E-state index is -4.72. The number of amides is 1. The fraction of sp³-hybridized carbons (Fsp3) is 0.100. The van der Waals surface area contributed by atoms with Crippen LogP contribution in [-0.2, 0) is 6.18 Å². The summed E-state index contributed by atoms with van der Waals surface area (Å²) in [7, 11) is 1.41. The van der Waals surface area contributed by atoms with Gasteiger partial charge in [-0.05, 0) is 36.4 Å². The van der Waals surface area contributed by atoms with E-state index in [1.165, 1.54) is 31.5 Å². The first-order chi connectivity index (χ1) is 14.8. The van der Waals surface area contributed by atoms with Gasteiger partial charge in [-0.15, -0.1) is 0 Å². The number of carbonyl (C=O) groups is 1. The van der Waals surface area contributed by atoms with E-state index in [1.54, 1.807) is 24.3 Å². The van der Waals surface area contributed by atoms with E-state index in [0.29, 0.717) is 11.3 Å². The summed E-state index contributed by atoms with van der Waals surface area (Å²) < 4.78 is 47.5. The Morgan fingerprint density at radius 1 is 1.10 bits per heavy atom. The number of methoxy groups -OCH3 is 1. The second kappa shape index (κ2) is 7.99. The van der Waals surface area contributed by atoms with E-state index in [-0.39, 0.29) is 22.7 Å². The maximum absolute atomic E-state index is 13.6. The number of carbonyl (C=O) groups excluding carboxylic acids is 1. The number of aromatic nitrogens is 4. The van der Waals surface area contributed by atoms with Gasteiger partial charge in [-0.25, -0.2) is 15.0 Å². The third kappa shape index (κ3) is 4.22. The molecule has 0 saturated carbocycles. The zero-order valence-corrected chi connectivity index (χ0v) is 17.4. The highest BCUT2D eigenvalue weighted by Crippen LogP contribution is 2.34. The van der Waals surface area contributed by atoms with Crippen LogP contribution in [0.25, 0.3) is 16.9 Å². The van der Waals surface area contributed by atoms with Crippen LogP contribution >= 0.6 is 15.9 Å². The minimum absolute atomic E-state index is 0.0938. The zero-order valence-electron chi connectivity index (χ0n) is 15.8. The Morgan fingerprint density at radius 2 is 1.84 bits per heavy atom. The van der Waals surface area contributed by atoms with Gasteiger partial charge in [0.1, 0.15) is 5.75 Å². The molecule has 0 saturated heterocycles. The lowest BCUT2D eigenvalue weighted by atomic mass is 10.2. The van der Waals surface area contributed by atoms with Crippen molar-refractivity contribution >= 4 is 38.7 Å². The molecule has 1 amide bonds. The molecule has 7 nitrogen and oxygen atoms in total. The molecule has 0 bridgehead atoms. The van der Waals surface area contributed by atoms with Crippen molar-refractivity contribution in [2.45, 2.75) is 6.18 Å². The van der Waals surface area contributed by atoms with Crippen molar-refractivity contribution in [1.82, 2.24) is 19.5 Å². The Balaban J connectivity index is 1.68. The Kier molecular flexibility index (Phi) is 5.36. The summed E-state index contributed by atoms with van der Waals surface area (Å²) in [4.78, 5) is 24.1. The number of nitrogens with one attached hydrogen (secondary N) is 1. The normalized spacial score (nSPS) is 11.5. The fourth-order valence-electron chi connectivity index (χ4n) is 2.90. The Bertz CT molecular complexity index is 1260. The molecule has 2 aromatic heterocycles. The van der Waals surface area contributed by atoms with E-state index >= 15 is 0 Å². The van der Waals surface area contributed by atoms with Crippen molar-refractivity contribution in [3.8, 4) is 11.6 Å². The molecule has 0 aliphatic heterocycles. The smallest absolute Gasteiger partial charge is 0.450 e. The van der Waals surface area contributed by atoms with E-state index in [4.69, 9.17) is 4.74 Å². The first-order valence-corrected chi connectivity index (χ1v) is 9.58. The van der Waals surface area contributed by atoms with Gasteiger partial charge in [0.25, 0.3) is 5.91 Å². The standard InChI is InChI=1S/C20H13BrF3N5O2/c1-31-13-6-7-15-14(8-13)27-19(20(22,23)24)29(15)17-10-25-16(9-26-17)28-18(30)11-2-4-12(21)5-3-11/h2-10H,1H3,(H,25,28,30). The summed E-state index contributed by atoms with van der Waals surface area (Å²) >= 11 is 3.28. The molecule has 0 spiro atoms. The molecular formula is C20H13BrF3N5O2. The SMILES string of the molecule is COc1ccc2c(c1)nc(C(F)(F)F)n2-c1cnc(NC(=O)c2ccc(Br)cc2)cn1. The van der Waals surface area contributed by atoms with Crippen LogP contribution in [0, 0.1) is 0 Å². The maximum Gasteiger partial charge on any atom is 0.450 e. The average Bonchev–Trinajstić information content (AvgIpc) is 3.14. The van der Waals surface area contributed by atoms with Crippen LogP contribution in [0.1, 0.15) is 16.2 Å². The molecule has 0 aliphatic carbocycles. The highest BCUT2D eigenvalue weighted by Gasteiger charge is 2.38. The predicted molar refractivity (Wildman–Crippen MR) is 110 cm³/mol. The van der Waals surface area contributed by atoms with Crippen LogP contribution < -0.4 is 10.1 Å². The molecule has 4 aromatic rings. The summed E-state index contributed by atoms with van der Waals surface area (Å²) in [6, 6.07) is 11.0. The van der Waals surface area contributed by atoms with Crippen LogP contribution in [0.5, 0.6) is 5.75 Å². The molecular weight excluding hydrogens is 479 g/mol. The van der Waals surface area contributed by atoms with Gasteiger partial charge in [0.15, 0.2) is 11.6 Å². The summed E-state index contributed by atoms with van der Waals surface area (Å²) in [6.07, 6.45) is -2.40. The number of hydrogen-bond acceptors (Lipinski definition) is 5. The highest BCUT2D eigenvalue weighted by atomic mass is 79.9. The van der Waals surface area contributed by atoms with Gasteiger partial charge in [0.05, 0.1) is 30.5 Å². The lowest BCUT2D eigenvalue weighted by Gasteiger charge is -2.11. The third-order valence-corrected chi connectivity index (χ3v) is 4.86. The van der Waals surface area contributed by atoms with E-state index in [2.05, 4.69) is 36.2 Å². The molecule has 0 fully saturated rings. The number of rotatable bonds is 4. The molecule has 4 rings (SSSR count). The summed E-state index contributed by atoms with van der Waals surface area (Å²) in [5.41, 5.74) is 0.679. The molecule has 31 heavy (non-hydrogen) atoms. The first kappa shape index (κ1) is 20.8. The Morgan fingerprint density at radius 3 is 2.45 bits per heavy atom. The molecule has 0 unspecified atom stereocenters. The summed E-state index contributed by atoms with van der Waals surface area (Å²) in [6.45, 7) is 0. The van der Waals surface area contributed by atoms with Crippen LogP contribution in [0.4, 0.5) is 19.0 Å². The van der Waals surface area contributed by atoms with E-state index in [9.17, 15) is 18.0 Å². The van der Waals surface area contributed by atoms with Gasteiger partial charge in [0, 0.05) is 16.1 Å². The lowest BCUT2D eigenvalue weighted by Crippen LogP contribution is -2.16. The van der Waals surface area contributed by atoms with Gasteiger partial charge in [-0.1, -0.05) is 15.9 Å². The molecule has 11 heteroatoms. The van der Waals surface area contributed by atoms with E-state index < -0.39 is 17.9 Å². The van der Waals surface area contributed by atoms with Crippen LogP contribution in [-0.4, -0.2) is 32.5 Å². The lowest BCUT2D eigenvalue weighted by molar-refractivity contribution is -0.145. The van der Waals surface area contributed by atoms with Gasteiger partial charge in [0.2, 0.25) is 5.82 Å². The van der Waals surface area contributed by atoms with Crippen LogP contribution in [0.2, 0.25) is 0 Å². The number of nitrogens with zero attached hydrogens (tertiary/aromatic N) is 4. The summed E-state index contributed by atoms with van der Waals surface area (Å²) in [5, 5.41) is 2.56. The maximum atomic E-state index is 13.6. The average molecular weight is 492 g/mol. The fourth-order valence-corrected chi connectivity index (χ4v) is 3.16. The third-order valence-electron chi connectivity index (χ3n) is 4.33. The van der Waals surface area contributed by atoms with Crippen molar-refractivity contribution in [2.75, 3.05) is 12.4 Å². The van der Waals surface area contributed by atoms with Crippen molar-refractivity contribution < 1.29 is 22.7 Å². The molecule has 0 aliphatic rings. The number of benzene rings is 2. The van der Waals surface area contributed by atoms with E-state index in [0.717, 1.165) is 15.2 Å². The number of anilines is 1. The van der Waals surface area contributed by atoms with Gasteiger partial charge in [-0.3, -0.25) is 9.36 Å². The number of halogens is 4. The van der Waals surface area contributed by atoms with Crippen molar-refractivity contribution in [2.24, 2.45) is 0 Å². The molecule has 1 N–H and O–H groups in total.